The lowest BCUT2D eigenvalue weighted by Crippen LogP contribution is -2.30. The predicted molar refractivity (Wildman–Crippen MR) is 107 cm³/mol. The Morgan fingerprint density at radius 1 is 1.24 bits per heavy atom. The van der Waals surface area contributed by atoms with E-state index in [0.717, 1.165) is 6.07 Å². The average Bonchev–Trinajstić information content (AvgIpc) is 2.68. The minimum absolute atomic E-state index is 0.0418. The molecular formula is C19H18ClFN2O5S. The Kier molecular flexibility index (Phi) is 7.49. The number of nitrogens with one attached hydrogen (secondary N) is 2. The number of ether oxygens (including phenoxy) is 1. The second-order valence-electron chi connectivity index (χ2n) is 5.83. The number of carbonyl (C=O) groups excluding carboxylic acids is 2. The topological polar surface area (TPSA) is 102 Å². The molecule has 29 heavy (non-hydrogen) atoms. The van der Waals surface area contributed by atoms with Crippen molar-refractivity contribution in [1.82, 2.24) is 4.72 Å². The Hall–Kier alpha value is -2.75. The van der Waals surface area contributed by atoms with E-state index in [2.05, 4.69) is 16.6 Å². The molecule has 0 bridgehead atoms. The van der Waals surface area contributed by atoms with E-state index >= 15 is 0 Å². The highest BCUT2D eigenvalue weighted by Gasteiger charge is 2.21. The van der Waals surface area contributed by atoms with Crippen LogP contribution in [0.5, 0.6) is 0 Å². The summed E-state index contributed by atoms with van der Waals surface area (Å²) in [5, 5.41) is 2.47. The van der Waals surface area contributed by atoms with Gasteiger partial charge in [-0.2, -0.15) is 0 Å². The highest BCUT2D eigenvalue weighted by molar-refractivity contribution is 7.89. The summed E-state index contributed by atoms with van der Waals surface area (Å²) >= 11 is 5.65. The van der Waals surface area contributed by atoms with Crippen LogP contribution in [0, 0.1) is 5.82 Å². The van der Waals surface area contributed by atoms with Crippen LogP contribution in [-0.2, 0) is 19.6 Å². The molecule has 2 aromatic carbocycles. The maximum atomic E-state index is 13.7. The van der Waals surface area contributed by atoms with E-state index in [1.807, 2.05) is 0 Å². The van der Waals surface area contributed by atoms with Crippen LogP contribution in [-0.4, -0.2) is 32.9 Å². The number of carbonyl (C=O) groups is 2. The molecule has 0 aromatic heterocycles. The molecule has 0 aliphatic rings. The molecule has 0 aliphatic heterocycles. The summed E-state index contributed by atoms with van der Waals surface area (Å²) in [6, 6.07) is 8.70. The van der Waals surface area contributed by atoms with Crippen molar-refractivity contribution in [2.45, 2.75) is 17.9 Å². The Morgan fingerprint density at radius 2 is 1.90 bits per heavy atom. The van der Waals surface area contributed by atoms with Gasteiger partial charge in [-0.15, -0.1) is 6.58 Å². The lowest BCUT2D eigenvalue weighted by molar-refractivity contribution is -0.123. The maximum absolute atomic E-state index is 13.7. The van der Waals surface area contributed by atoms with Gasteiger partial charge in [0.1, 0.15) is 5.82 Å². The fourth-order valence-electron chi connectivity index (χ4n) is 2.13. The number of hydrogen-bond acceptors (Lipinski definition) is 5. The Balaban J connectivity index is 2.01. The van der Waals surface area contributed by atoms with Crippen LogP contribution in [0.3, 0.4) is 0 Å². The van der Waals surface area contributed by atoms with Gasteiger partial charge in [0, 0.05) is 11.6 Å². The van der Waals surface area contributed by atoms with Gasteiger partial charge in [0.15, 0.2) is 6.10 Å². The Morgan fingerprint density at radius 3 is 2.48 bits per heavy atom. The third-order valence-electron chi connectivity index (χ3n) is 3.66. The first kappa shape index (κ1) is 22.5. The summed E-state index contributed by atoms with van der Waals surface area (Å²) in [4.78, 5) is 24.3. The zero-order chi connectivity index (χ0) is 21.6. The normalized spacial score (nSPS) is 12.1. The quantitative estimate of drug-likeness (QED) is 0.485. The van der Waals surface area contributed by atoms with Crippen molar-refractivity contribution in [2.75, 3.05) is 11.9 Å². The molecule has 1 unspecified atom stereocenters. The minimum Gasteiger partial charge on any atom is -0.449 e. The number of halogens is 2. The molecule has 2 aromatic rings. The number of hydrogen-bond donors (Lipinski definition) is 2. The molecule has 1 amide bonds. The van der Waals surface area contributed by atoms with Gasteiger partial charge < -0.3 is 10.1 Å². The molecule has 0 aliphatic carbocycles. The van der Waals surface area contributed by atoms with E-state index in [-0.39, 0.29) is 27.7 Å². The van der Waals surface area contributed by atoms with Crippen LogP contribution in [0.4, 0.5) is 10.1 Å². The van der Waals surface area contributed by atoms with E-state index in [9.17, 15) is 22.4 Å². The number of sulfonamides is 1. The molecule has 154 valence electrons. The van der Waals surface area contributed by atoms with Gasteiger partial charge in [0.05, 0.1) is 16.1 Å². The highest BCUT2D eigenvalue weighted by Crippen LogP contribution is 2.19. The van der Waals surface area contributed by atoms with Gasteiger partial charge in [0.2, 0.25) is 10.0 Å². The monoisotopic (exact) mass is 440 g/mol. The van der Waals surface area contributed by atoms with Crippen LogP contribution in [0.15, 0.2) is 60.0 Å². The van der Waals surface area contributed by atoms with E-state index in [1.165, 1.54) is 49.4 Å². The van der Waals surface area contributed by atoms with Gasteiger partial charge in [-0.25, -0.2) is 22.3 Å². The lowest BCUT2D eigenvalue weighted by atomic mass is 10.2. The van der Waals surface area contributed by atoms with Crippen LogP contribution < -0.4 is 10.0 Å². The number of esters is 1. The van der Waals surface area contributed by atoms with Crippen molar-refractivity contribution in [3.05, 3.63) is 71.5 Å². The summed E-state index contributed by atoms with van der Waals surface area (Å²) in [6.45, 7) is 4.80. The van der Waals surface area contributed by atoms with Crippen molar-refractivity contribution < 1.29 is 27.1 Å². The first-order valence-electron chi connectivity index (χ1n) is 8.31. The summed E-state index contributed by atoms with van der Waals surface area (Å²) in [7, 11) is -3.73. The van der Waals surface area contributed by atoms with Crippen molar-refractivity contribution in [1.29, 1.82) is 0 Å². The molecule has 2 rings (SSSR count). The van der Waals surface area contributed by atoms with E-state index in [1.54, 1.807) is 0 Å². The molecule has 0 fully saturated rings. The van der Waals surface area contributed by atoms with E-state index < -0.39 is 33.8 Å². The second kappa shape index (κ2) is 9.64. The van der Waals surface area contributed by atoms with Gasteiger partial charge in [-0.3, -0.25) is 4.79 Å². The fraction of sp³-hybridized carbons (Fsp3) is 0.158. The molecule has 0 saturated carbocycles. The fourth-order valence-corrected chi connectivity index (χ4v) is 3.29. The van der Waals surface area contributed by atoms with Crippen LogP contribution in [0.1, 0.15) is 17.3 Å². The van der Waals surface area contributed by atoms with Crippen molar-refractivity contribution in [2.24, 2.45) is 0 Å². The van der Waals surface area contributed by atoms with Crippen molar-refractivity contribution in [3.63, 3.8) is 0 Å². The van der Waals surface area contributed by atoms with Gasteiger partial charge in [-0.1, -0.05) is 17.7 Å². The predicted octanol–water partition coefficient (Wildman–Crippen LogP) is 3.13. The van der Waals surface area contributed by atoms with Crippen LogP contribution in [0.25, 0.3) is 0 Å². The Bertz CT molecular complexity index is 1030. The maximum Gasteiger partial charge on any atom is 0.338 e. The molecule has 10 heteroatoms. The van der Waals surface area contributed by atoms with Crippen molar-refractivity contribution >= 4 is 39.2 Å². The number of amides is 1. The minimum atomic E-state index is -3.73. The first-order chi connectivity index (χ1) is 13.6. The number of anilines is 1. The largest absolute Gasteiger partial charge is 0.449 e. The van der Waals surface area contributed by atoms with Crippen molar-refractivity contribution in [3.8, 4) is 0 Å². The molecule has 0 radical (unpaired) electrons. The summed E-state index contributed by atoms with van der Waals surface area (Å²) in [6.07, 6.45) is 0.168. The van der Waals surface area contributed by atoms with Crippen LogP contribution in [0.2, 0.25) is 5.02 Å². The van der Waals surface area contributed by atoms with Gasteiger partial charge in [-0.05, 0) is 49.4 Å². The van der Waals surface area contributed by atoms with E-state index in [0.29, 0.717) is 0 Å². The zero-order valence-electron chi connectivity index (χ0n) is 15.3. The SMILES string of the molecule is C=CCNS(=O)(=O)c1ccc(C(=O)OC(C)C(=O)Nc2ccc(Cl)cc2F)cc1. The van der Waals surface area contributed by atoms with Gasteiger partial charge >= 0.3 is 5.97 Å². The lowest BCUT2D eigenvalue weighted by Gasteiger charge is -2.14. The number of benzene rings is 2. The Labute approximate surface area is 172 Å². The smallest absolute Gasteiger partial charge is 0.338 e. The third kappa shape index (κ3) is 6.11. The zero-order valence-corrected chi connectivity index (χ0v) is 16.9. The summed E-state index contributed by atoms with van der Waals surface area (Å²) < 4.78 is 45.1. The second-order valence-corrected chi connectivity index (χ2v) is 8.03. The van der Waals surface area contributed by atoms with Crippen LogP contribution >= 0.6 is 11.6 Å². The molecule has 0 spiro atoms. The number of rotatable bonds is 8. The molecule has 0 saturated heterocycles. The molecule has 7 nitrogen and oxygen atoms in total. The molecular weight excluding hydrogens is 423 g/mol. The summed E-state index contributed by atoms with van der Waals surface area (Å²) in [5.74, 6) is -2.31. The average molecular weight is 441 g/mol. The first-order valence-corrected chi connectivity index (χ1v) is 10.2. The highest BCUT2D eigenvalue weighted by atomic mass is 35.5. The summed E-state index contributed by atoms with van der Waals surface area (Å²) in [5.41, 5.74) is -0.0612. The molecule has 2 N–H and O–H groups in total. The third-order valence-corrected chi connectivity index (χ3v) is 5.33. The standard InChI is InChI=1S/C19H18ClFN2O5S/c1-3-10-22-29(26,27)15-7-4-13(5-8-15)19(25)28-12(2)18(24)23-17-9-6-14(20)11-16(17)21/h3-9,11-12,22H,1,10H2,2H3,(H,23,24). The molecule has 1 atom stereocenters. The van der Waals surface area contributed by atoms with E-state index in [4.69, 9.17) is 16.3 Å². The molecule has 0 heterocycles. The van der Waals surface area contributed by atoms with Gasteiger partial charge in [0.25, 0.3) is 5.91 Å².